The van der Waals surface area contributed by atoms with Crippen LogP contribution in [0.25, 0.3) is 0 Å². The summed E-state index contributed by atoms with van der Waals surface area (Å²) >= 11 is 0. The zero-order valence-electron chi connectivity index (χ0n) is 21.6. The molecular formula is C24H30F3N7O5. The first-order valence-electron chi connectivity index (χ1n) is 12.6. The minimum atomic E-state index is -4.57. The first-order valence-corrected chi connectivity index (χ1v) is 12.6. The van der Waals surface area contributed by atoms with Crippen molar-refractivity contribution in [3.63, 3.8) is 0 Å². The number of hydrogen-bond donors (Lipinski definition) is 3. The normalized spacial score (nSPS) is 26.2. The van der Waals surface area contributed by atoms with Crippen LogP contribution in [0.5, 0.6) is 5.88 Å². The fourth-order valence-electron chi connectivity index (χ4n) is 4.82. The summed E-state index contributed by atoms with van der Waals surface area (Å²) in [6.07, 6.45) is 0.225. The lowest BCUT2D eigenvalue weighted by molar-refractivity contribution is -0.158. The quantitative estimate of drug-likeness (QED) is 0.482. The molecule has 2 saturated heterocycles. The molecule has 0 aliphatic carbocycles. The molecule has 15 heteroatoms. The first kappa shape index (κ1) is 27.0. The third-order valence-electron chi connectivity index (χ3n) is 6.80. The van der Waals surface area contributed by atoms with Gasteiger partial charge in [0.15, 0.2) is 5.79 Å². The molecule has 0 aromatic carbocycles. The third-order valence-corrected chi connectivity index (χ3v) is 6.80. The fourth-order valence-corrected chi connectivity index (χ4v) is 4.82. The molecule has 4 aliphatic heterocycles. The van der Waals surface area contributed by atoms with Crippen LogP contribution >= 0.6 is 0 Å². The Balaban J connectivity index is 1.26. The molecular weight excluding hydrogens is 523 g/mol. The molecule has 2 bridgehead atoms. The van der Waals surface area contributed by atoms with Crippen molar-refractivity contribution in [3.05, 3.63) is 36.1 Å². The van der Waals surface area contributed by atoms with E-state index in [1.54, 1.807) is 6.08 Å². The SMILES string of the molecule is C[C@@H](NC(=O)C1C=CC2=C(N1)N(C(=O)Nc1cc(OC[C@H]3COC(C)(C)O3)ncn1)[C@H]1CCN2C1)C(F)(F)F. The molecule has 5 rings (SSSR count). The average Bonchev–Trinajstić information content (AvgIpc) is 3.45. The zero-order chi connectivity index (χ0) is 27.9. The Morgan fingerprint density at radius 3 is 2.85 bits per heavy atom. The van der Waals surface area contributed by atoms with Gasteiger partial charge in [0, 0.05) is 19.2 Å². The molecule has 1 unspecified atom stereocenters. The maximum atomic E-state index is 13.5. The van der Waals surface area contributed by atoms with Gasteiger partial charge in [-0.1, -0.05) is 6.08 Å². The summed E-state index contributed by atoms with van der Waals surface area (Å²) in [4.78, 5) is 37.8. The summed E-state index contributed by atoms with van der Waals surface area (Å²) in [6.45, 7) is 6.34. The Bertz CT molecular complexity index is 1190. The zero-order valence-corrected chi connectivity index (χ0v) is 21.6. The van der Waals surface area contributed by atoms with Crippen molar-refractivity contribution >= 4 is 17.8 Å². The number of rotatable bonds is 6. The van der Waals surface area contributed by atoms with Crippen LogP contribution in [0.1, 0.15) is 27.2 Å². The van der Waals surface area contributed by atoms with Gasteiger partial charge in [0.05, 0.1) is 18.3 Å². The summed E-state index contributed by atoms with van der Waals surface area (Å²) in [5.74, 6) is -0.775. The van der Waals surface area contributed by atoms with E-state index in [9.17, 15) is 22.8 Å². The summed E-state index contributed by atoms with van der Waals surface area (Å²) in [7, 11) is 0. The second-order valence-corrected chi connectivity index (χ2v) is 10.2. The second kappa shape index (κ2) is 10.2. The van der Waals surface area contributed by atoms with Gasteiger partial charge in [0.25, 0.3) is 0 Å². The summed E-state index contributed by atoms with van der Waals surface area (Å²) < 4.78 is 55.8. The standard InChI is InChI=1S/C24H30F3N7O5/c1-13(24(25,26)27)30-21(35)16-4-5-17-20(31-16)34(14-6-7-33(17)9-14)22(36)32-18-8-19(29-12-28-18)37-10-15-11-38-23(2,3)39-15/h4-5,8,12-16,31H,6-7,9-11H2,1-3H3,(H,30,35)(H,28,29,32,36)/t13-,14+,15+,16?/m1/s1. The van der Waals surface area contributed by atoms with Crippen molar-refractivity contribution in [1.82, 2.24) is 30.4 Å². The van der Waals surface area contributed by atoms with Gasteiger partial charge in [-0.15, -0.1) is 0 Å². The van der Waals surface area contributed by atoms with Crippen LogP contribution in [0, 0.1) is 0 Å². The molecule has 4 aliphatic rings. The number of ether oxygens (including phenoxy) is 3. The Kier molecular flexibility index (Phi) is 7.05. The number of alkyl halides is 3. The number of fused-ring (bicyclic) bond motifs is 3. The molecule has 39 heavy (non-hydrogen) atoms. The van der Waals surface area contributed by atoms with Gasteiger partial charge < -0.3 is 29.7 Å². The Labute approximate surface area is 222 Å². The molecule has 3 amide bonds. The van der Waals surface area contributed by atoms with E-state index < -0.39 is 36.0 Å². The van der Waals surface area contributed by atoms with E-state index in [4.69, 9.17) is 14.2 Å². The topological polar surface area (TPSA) is 130 Å². The number of allylic oxidation sites excluding steroid dienone is 1. The molecule has 12 nitrogen and oxygen atoms in total. The molecule has 5 heterocycles. The van der Waals surface area contributed by atoms with Crippen molar-refractivity contribution in [2.45, 2.75) is 63.4 Å². The molecule has 1 aromatic rings. The number of hydrogen-bond acceptors (Lipinski definition) is 9. The molecule has 3 N–H and O–H groups in total. The average molecular weight is 554 g/mol. The number of aromatic nitrogens is 2. The predicted molar refractivity (Wildman–Crippen MR) is 130 cm³/mol. The van der Waals surface area contributed by atoms with E-state index in [0.717, 1.165) is 6.92 Å². The summed E-state index contributed by atoms with van der Waals surface area (Å²) in [5, 5.41) is 7.66. The van der Waals surface area contributed by atoms with Crippen molar-refractivity contribution in [3.8, 4) is 5.88 Å². The number of nitrogens with zero attached hydrogens (tertiary/aromatic N) is 4. The van der Waals surface area contributed by atoms with Crippen molar-refractivity contribution < 1.29 is 37.0 Å². The van der Waals surface area contributed by atoms with E-state index in [2.05, 4.69) is 25.5 Å². The minimum absolute atomic E-state index is 0.191. The highest BCUT2D eigenvalue weighted by molar-refractivity contribution is 5.91. The van der Waals surface area contributed by atoms with Crippen LogP contribution in [-0.4, -0.2) is 94.2 Å². The maximum absolute atomic E-state index is 13.5. The van der Waals surface area contributed by atoms with Crippen LogP contribution < -0.4 is 20.7 Å². The highest BCUT2D eigenvalue weighted by atomic mass is 19.4. The molecule has 0 saturated carbocycles. The van der Waals surface area contributed by atoms with E-state index in [0.29, 0.717) is 37.6 Å². The molecule has 2 fully saturated rings. The van der Waals surface area contributed by atoms with Gasteiger partial charge in [0.1, 0.15) is 42.8 Å². The number of urea groups is 1. The van der Waals surface area contributed by atoms with E-state index in [1.807, 2.05) is 19.2 Å². The second-order valence-electron chi connectivity index (χ2n) is 10.2. The molecule has 0 radical (unpaired) electrons. The summed E-state index contributed by atoms with van der Waals surface area (Å²) in [6, 6.07) is -2.36. The number of carbonyl (C=O) groups is 2. The highest BCUT2D eigenvalue weighted by Gasteiger charge is 2.44. The Morgan fingerprint density at radius 1 is 1.33 bits per heavy atom. The molecule has 4 atom stereocenters. The monoisotopic (exact) mass is 553 g/mol. The third kappa shape index (κ3) is 5.88. The maximum Gasteiger partial charge on any atom is 0.408 e. The van der Waals surface area contributed by atoms with Gasteiger partial charge >= 0.3 is 12.2 Å². The van der Waals surface area contributed by atoms with Gasteiger partial charge in [-0.2, -0.15) is 13.2 Å². The first-order chi connectivity index (χ1) is 18.4. The van der Waals surface area contributed by atoms with Gasteiger partial charge in [-0.05, 0) is 33.3 Å². The van der Waals surface area contributed by atoms with E-state index >= 15 is 0 Å². The lowest BCUT2D eigenvalue weighted by Gasteiger charge is -2.41. The smallest absolute Gasteiger partial charge is 0.408 e. The van der Waals surface area contributed by atoms with Gasteiger partial charge in [-0.25, -0.2) is 14.8 Å². The summed E-state index contributed by atoms with van der Waals surface area (Å²) in [5.41, 5.74) is 0.681. The number of dihydropyridines is 1. The largest absolute Gasteiger partial charge is 0.475 e. The minimum Gasteiger partial charge on any atom is -0.475 e. The fraction of sp³-hybridized carbons (Fsp3) is 0.583. The van der Waals surface area contributed by atoms with Crippen LogP contribution in [0.15, 0.2) is 36.1 Å². The van der Waals surface area contributed by atoms with Crippen LogP contribution in [0.2, 0.25) is 0 Å². The number of halogens is 3. The number of anilines is 1. The van der Waals surface area contributed by atoms with Crippen molar-refractivity contribution in [2.75, 3.05) is 31.6 Å². The molecule has 0 spiro atoms. The van der Waals surface area contributed by atoms with Crippen LogP contribution in [0.3, 0.4) is 0 Å². The highest BCUT2D eigenvalue weighted by Crippen LogP contribution is 2.34. The predicted octanol–water partition coefficient (Wildman–Crippen LogP) is 1.69. The van der Waals surface area contributed by atoms with E-state index in [1.165, 1.54) is 23.4 Å². The van der Waals surface area contributed by atoms with E-state index in [-0.39, 0.29) is 30.5 Å². The Morgan fingerprint density at radius 2 is 2.13 bits per heavy atom. The van der Waals surface area contributed by atoms with Crippen LogP contribution in [-0.2, 0) is 14.3 Å². The number of amides is 3. The molecule has 212 valence electrons. The van der Waals surface area contributed by atoms with Crippen molar-refractivity contribution in [2.24, 2.45) is 0 Å². The van der Waals surface area contributed by atoms with Crippen molar-refractivity contribution in [1.29, 1.82) is 0 Å². The molecule has 1 aromatic heterocycles. The van der Waals surface area contributed by atoms with Gasteiger partial charge in [-0.3, -0.25) is 15.0 Å². The lowest BCUT2D eigenvalue weighted by atomic mass is 10.1. The number of carbonyl (C=O) groups excluding carboxylic acids is 2. The lowest BCUT2D eigenvalue weighted by Crippen LogP contribution is -2.57. The van der Waals surface area contributed by atoms with Crippen LogP contribution in [0.4, 0.5) is 23.8 Å². The number of nitrogens with one attached hydrogen (secondary N) is 3. The Hall–Kier alpha value is -3.59. The van der Waals surface area contributed by atoms with Gasteiger partial charge in [0.2, 0.25) is 11.8 Å².